The van der Waals surface area contributed by atoms with E-state index in [-0.39, 0.29) is 0 Å². The maximum absolute atomic E-state index is 4.22. The first-order chi connectivity index (χ1) is 12.9. The van der Waals surface area contributed by atoms with E-state index in [2.05, 4.69) is 74.9 Å². The average Bonchev–Trinajstić information content (AvgIpc) is 2.61. The maximum atomic E-state index is 4.22. The Labute approximate surface area is 166 Å². The molecule has 0 radical (unpaired) electrons. The van der Waals surface area contributed by atoms with E-state index in [1.807, 2.05) is 6.08 Å². The summed E-state index contributed by atoms with van der Waals surface area (Å²) in [5.74, 6) is 1.34. The molecule has 1 aromatic carbocycles. The average molecular weight is 363 g/mol. The summed E-state index contributed by atoms with van der Waals surface area (Å²) >= 11 is 0. The standard InChI is InChI=1S/C23H34BN3/c1-6-19-8-9-20(22-11-12-27(24)14-16(22)2)13-21(19)15-26(5)23-10-7-17(3)25-18(23)4/h6,8-9,13,16,22-23,25H,1,3-4,7,10-12,14-15,24H2,2,5H3. The van der Waals surface area contributed by atoms with Gasteiger partial charge in [0.15, 0.2) is 7.98 Å². The molecular weight excluding hydrogens is 329 g/mol. The Morgan fingerprint density at radius 2 is 2.11 bits per heavy atom. The van der Waals surface area contributed by atoms with E-state index in [1.165, 1.54) is 36.2 Å². The molecule has 0 aliphatic carbocycles. The van der Waals surface area contributed by atoms with Gasteiger partial charge < -0.3 is 10.1 Å². The molecule has 0 spiro atoms. The lowest BCUT2D eigenvalue weighted by Gasteiger charge is -2.36. The molecule has 2 aliphatic heterocycles. The molecule has 144 valence electrons. The molecule has 0 amide bonds. The second kappa shape index (κ2) is 8.49. The molecule has 2 heterocycles. The predicted octanol–water partition coefficient (Wildman–Crippen LogP) is 3.51. The minimum Gasteiger partial charge on any atom is -0.362 e. The third-order valence-electron chi connectivity index (χ3n) is 6.33. The lowest BCUT2D eigenvalue weighted by molar-refractivity contribution is 0.234. The van der Waals surface area contributed by atoms with Gasteiger partial charge in [0.05, 0.1) is 0 Å². The van der Waals surface area contributed by atoms with Gasteiger partial charge in [-0.05, 0) is 67.9 Å². The molecule has 3 unspecified atom stereocenters. The number of piperidine rings is 2. The minimum atomic E-state index is 0.346. The molecule has 3 atom stereocenters. The number of hydrogen-bond acceptors (Lipinski definition) is 3. The lowest BCUT2D eigenvalue weighted by atomic mass is 9.80. The molecule has 2 fully saturated rings. The zero-order valence-corrected chi connectivity index (χ0v) is 17.3. The fraction of sp³-hybridized carbons (Fsp3) is 0.478. The zero-order valence-electron chi connectivity index (χ0n) is 17.3. The molecular formula is C23H34BN3. The summed E-state index contributed by atoms with van der Waals surface area (Å²) in [5.41, 5.74) is 6.24. The van der Waals surface area contributed by atoms with Gasteiger partial charge in [0, 0.05) is 24.0 Å². The quantitative estimate of drug-likeness (QED) is 0.808. The Balaban J connectivity index is 1.78. The number of nitrogens with zero attached hydrogens (tertiary/aromatic N) is 2. The first-order valence-corrected chi connectivity index (χ1v) is 10.2. The normalized spacial score (nSPS) is 26.9. The van der Waals surface area contributed by atoms with Gasteiger partial charge in [0.25, 0.3) is 0 Å². The molecule has 4 heteroatoms. The van der Waals surface area contributed by atoms with Gasteiger partial charge in [-0.3, -0.25) is 4.90 Å². The highest BCUT2D eigenvalue weighted by molar-refractivity contribution is 6.04. The summed E-state index contributed by atoms with van der Waals surface area (Å²) in [5, 5.41) is 3.34. The summed E-state index contributed by atoms with van der Waals surface area (Å²) in [7, 11) is 4.43. The lowest BCUT2D eigenvalue weighted by Crippen LogP contribution is -2.40. The van der Waals surface area contributed by atoms with Crippen molar-refractivity contribution in [3.63, 3.8) is 0 Å². The second-order valence-corrected chi connectivity index (χ2v) is 8.52. The SMILES string of the molecule is BN1CCC(c2ccc(C=C)c(CN(C)C3CCC(=C)NC3=C)c2)C(C)C1. The highest BCUT2D eigenvalue weighted by Gasteiger charge is 2.27. The summed E-state index contributed by atoms with van der Waals surface area (Å²) in [4.78, 5) is 4.86. The van der Waals surface area contributed by atoms with Gasteiger partial charge >= 0.3 is 0 Å². The van der Waals surface area contributed by atoms with Crippen LogP contribution in [0.2, 0.25) is 0 Å². The smallest absolute Gasteiger partial charge is 0.185 e. The van der Waals surface area contributed by atoms with Crippen LogP contribution < -0.4 is 5.32 Å². The van der Waals surface area contributed by atoms with Crippen molar-refractivity contribution in [2.45, 2.75) is 44.7 Å². The van der Waals surface area contributed by atoms with Crippen LogP contribution in [-0.4, -0.2) is 43.9 Å². The number of allylic oxidation sites excluding steroid dienone is 1. The fourth-order valence-electron chi connectivity index (χ4n) is 4.77. The summed E-state index contributed by atoms with van der Waals surface area (Å²) in [6.45, 7) is 18.0. The Morgan fingerprint density at radius 3 is 2.78 bits per heavy atom. The Morgan fingerprint density at radius 1 is 1.33 bits per heavy atom. The van der Waals surface area contributed by atoms with Crippen molar-refractivity contribution >= 4 is 14.1 Å². The van der Waals surface area contributed by atoms with Gasteiger partial charge in [-0.2, -0.15) is 0 Å². The van der Waals surface area contributed by atoms with E-state index in [1.54, 1.807) is 0 Å². The molecule has 2 saturated heterocycles. The Kier molecular flexibility index (Phi) is 6.28. The molecule has 1 aromatic rings. The van der Waals surface area contributed by atoms with Gasteiger partial charge in [-0.15, -0.1) is 0 Å². The Hall–Kier alpha value is -1.78. The highest BCUT2D eigenvalue weighted by Crippen LogP contribution is 2.34. The monoisotopic (exact) mass is 363 g/mol. The fourth-order valence-corrected chi connectivity index (χ4v) is 4.77. The second-order valence-electron chi connectivity index (χ2n) is 8.52. The maximum Gasteiger partial charge on any atom is 0.185 e. The highest BCUT2D eigenvalue weighted by atomic mass is 15.2. The van der Waals surface area contributed by atoms with Crippen LogP contribution in [0.4, 0.5) is 0 Å². The van der Waals surface area contributed by atoms with Crippen LogP contribution in [0.3, 0.4) is 0 Å². The van der Waals surface area contributed by atoms with Crippen molar-refractivity contribution < 1.29 is 0 Å². The Bertz CT molecular complexity index is 726. The van der Waals surface area contributed by atoms with E-state index in [9.17, 15) is 0 Å². The van der Waals surface area contributed by atoms with E-state index in [4.69, 9.17) is 0 Å². The molecule has 0 bridgehead atoms. The molecule has 0 saturated carbocycles. The molecule has 2 aliphatic rings. The minimum absolute atomic E-state index is 0.346. The molecule has 3 nitrogen and oxygen atoms in total. The molecule has 3 rings (SSSR count). The first-order valence-electron chi connectivity index (χ1n) is 10.2. The van der Waals surface area contributed by atoms with Gasteiger partial charge in [0.2, 0.25) is 0 Å². The van der Waals surface area contributed by atoms with Crippen LogP contribution in [0, 0.1) is 5.92 Å². The van der Waals surface area contributed by atoms with Crippen molar-refractivity contribution in [1.82, 2.24) is 15.0 Å². The zero-order chi connectivity index (χ0) is 19.6. The molecule has 0 aromatic heterocycles. The van der Waals surface area contributed by atoms with E-state index in [0.717, 1.165) is 30.8 Å². The number of likely N-dealkylation sites (N-methyl/N-ethyl adjacent to an activating group) is 1. The number of rotatable bonds is 5. The summed E-state index contributed by atoms with van der Waals surface area (Å²) < 4.78 is 0. The summed E-state index contributed by atoms with van der Waals surface area (Å²) in [6.07, 6.45) is 5.32. The van der Waals surface area contributed by atoms with Crippen LogP contribution in [-0.2, 0) is 6.54 Å². The van der Waals surface area contributed by atoms with Gasteiger partial charge in [-0.25, -0.2) is 0 Å². The molecule has 27 heavy (non-hydrogen) atoms. The largest absolute Gasteiger partial charge is 0.362 e. The van der Waals surface area contributed by atoms with Crippen molar-refractivity contribution in [2.24, 2.45) is 5.92 Å². The number of benzene rings is 1. The van der Waals surface area contributed by atoms with Crippen LogP contribution in [0.25, 0.3) is 6.08 Å². The number of nitrogens with one attached hydrogen (secondary N) is 1. The van der Waals surface area contributed by atoms with Gasteiger partial charge in [0.1, 0.15) is 0 Å². The topological polar surface area (TPSA) is 18.5 Å². The van der Waals surface area contributed by atoms with Crippen LogP contribution in [0.1, 0.15) is 48.8 Å². The molecule has 1 N–H and O–H groups in total. The van der Waals surface area contributed by atoms with Crippen LogP contribution in [0.5, 0.6) is 0 Å². The van der Waals surface area contributed by atoms with E-state index < -0.39 is 0 Å². The van der Waals surface area contributed by atoms with Crippen molar-refractivity contribution in [1.29, 1.82) is 0 Å². The van der Waals surface area contributed by atoms with Crippen molar-refractivity contribution in [3.8, 4) is 0 Å². The first kappa shape index (κ1) is 20.0. The third-order valence-corrected chi connectivity index (χ3v) is 6.33. The van der Waals surface area contributed by atoms with Crippen molar-refractivity contribution in [2.75, 3.05) is 20.1 Å². The van der Waals surface area contributed by atoms with E-state index >= 15 is 0 Å². The van der Waals surface area contributed by atoms with Crippen molar-refractivity contribution in [3.05, 3.63) is 66.0 Å². The van der Waals surface area contributed by atoms with E-state index in [0.29, 0.717) is 17.9 Å². The van der Waals surface area contributed by atoms with Crippen LogP contribution in [0.15, 0.2) is 49.3 Å². The summed E-state index contributed by atoms with van der Waals surface area (Å²) in [6, 6.07) is 7.35. The predicted molar refractivity (Wildman–Crippen MR) is 119 cm³/mol. The number of hydrogen-bond donors (Lipinski definition) is 1. The third kappa shape index (κ3) is 4.56. The van der Waals surface area contributed by atoms with Gasteiger partial charge in [-0.1, -0.05) is 50.9 Å². The van der Waals surface area contributed by atoms with Crippen LogP contribution >= 0.6 is 0 Å².